The van der Waals surface area contributed by atoms with Crippen LogP contribution < -0.4 is 5.32 Å². The summed E-state index contributed by atoms with van der Waals surface area (Å²) in [5, 5.41) is 6.27. The topological polar surface area (TPSA) is 46.9 Å². The standard InChI is InChI=1S/C24H17N3O/c28-24(20-10-3-4-15-25-20)26-19-11-5-8-18-9-6-13-22(23(18)19)27-16-14-17-7-1-2-12-21(17)27/h1-16H,(H,26,28). The highest BCUT2D eigenvalue weighted by molar-refractivity contribution is 6.10. The Hall–Kier alpha value is -3.92. The van der Waals surface area contributed by atoms with Gasteiger partial charge in [-0.1, -0.05) is 48.5 Å². The molecule has 0 aliphatic carbocycles. The average Bonchev–Trinajstić information content (AvgIpc) is 3.18. The SMILES string of the molecule is O=C(Nc1cccc2cccc(-n3ccc4ccccc43)c12)c1ccccn1. The Morgan fingerprint density at radius 2 is 1.57 bits per heavy atom. The minimum Gasteiger partial charge on any atom is -0.320 e. The van der Waals surface area contributed by atoms with Gasteiger partial charge in [0.2, 0.25) is 0 Å². The first-order valence-corrected chi connectivity index (χ1v) is 9.12. The number of aromatic nitrogens is 2. The van der Waals surface area contributed by atoms with E-state index in [1.165, 1.54) is 5.39 Å². The van der Waals surface area contributed by atoms with E-state index in [0.29, 0.717) is 5.69 Å². The monoisotopic (exact) mass is 363 g/mol. The van der Waals surface area contributed by atoms with E-state index in [9.17, 15) is 4.79 Å². The van der Waals surface area contributed by atoms with Crippen LogP contribution in [0.2, 0.25) is 0 Å². The molecule has 4 nitrogen and oxygen atoms in total. The number of hydrogen-bond acceptors (Lipinski definition) is 2. The number of hydrogen-bond donors (Lipinski definition) is 1. The predicted molar refractivity (Wildman–Crippen MR) is 113 cm³/mol. The minimum atomic E-state index is -0.222. The summed E-state index contributed by atoms with van der Waals surface area (Å²) >= 11 is 0. The maximum absolute atomic E-state index is 12.7. The molecule has 0 aliphatic heterocycles. The zero-order chi connectivity index (χ0) is 18.9. The van der Waals surface area contributed by atoms with E-state index in [-0.39, 0.29) is 5.91 Å². The molecule has 1 amide bonds. The van der Waals surface area contributed by atoms with Crippen LogP contribution in [-0.4, -0.2) is 15.5 Å². The normalized spacial score (nSPS) is 11.0. The van der Waals surface area contributed by atoms with Gasteiger partial charge >= 0.3 is 0 Å². The Bertz CT molecular complexity index is 1300. The van der Waals surface area contributed by atoms with Crippen molar-refractivity contribution >= 4 is 33.3 Å². The van der Waals surface area contributed by atoms with Gasteiger partial charge in [-0.2, -0.15) is 0 Å². The van der Waals surface area contributed by atoms with Crippen LogP contribution in [0.3, 0.4) is 0 Å². The molecule has 3 aromatic carbocycles. The quantitative estimate of drug-likeness (QED) is 0.464. The summed E-state index contributed by atoms with van der Waals surface area (Å²) in [6, 6.07) is 27.8. The van der Waals surface area contributed by atoms with Crippen LogP contribution in [0.15, 0.2) is 97.3 Å². The molecule has 0 fully saturated rings. The second kappa shape index (κ2) is 6.67. The molecular formula is C24H17N3O. The molecule has 0 unspecified atom stereocenters. The first-order valence-electron chi connectivity index (χ1n) is 9.12. The largest absolute Gasteiger partial charge is 0.320 e. The van der Waals surface area contributed by atoms with E-state index in [0.717, 1.165) is 27.7 Å². The summed E-state index contributed by atoms with van der Waals surface area (Å²) < 4.78 is 2.16. The zero-order valence-corrected chi connectivity index (χ0v) is 15.0. The van der Waals surface area contributed by atoms with Gasteiger partial charge in [-0.05, 0) is 47.2 Å². The van der Waals surface area contributed by atoms with Gasteiger partial charge in [0.15, 0.2) is 0 Å². The highest BCUT2D eigenvalue weighted by Gasteiger charge is 2.13. The summed E-state index contributed by atoms with van der Waals surface area (Å²) in [6.45, 7) is 0. The second-order valence-corrected chi connectivity index (χ2v) is 6.59. The van der Waals surface area contributed by atoms with Crippen molar-refractivity contribution in [3.8, 4) is 5.69 Å². The molecule has 0 aliphatic rings. The zero-order valence-electron chi connectivity index (χ0n) is 15.0. The number of anilines is 1. The number of nitrogens with zero attached hydrogens (tertiary/aromatic N) is 2. The molecule has 28 heavy (non-hydrogen) atoms. The third-order valence-electron chi connectivity index (χ3n) is 4.89. The van der Waals surface area contributed by atoms with E-state index in [4.69, 9.17) is 0 Å². The molecular weight excluding hydrogens is 346 g/mol. The van der Waals surface area contributed by atoms with Crippen molar-refractivity contribution in [2.75, 3.05) is 5.32 Å². The predicted octanol–water partition coefficient (Wildman–Crippen LogP) is 5.43. The van der Waals surface area contributed by atoms with Crippen LogP contribution in [0.25, 0.3) is 27.4 Å². The van der Waals surface area contributed by atoms with Gasteiger partial charge in [0.1, 0.15) is 5.69 Å². The van der Waals surface area contributed by atoms with Crippen molar-refractivity contribution in [1.29, 1.82) is 0 Å². The lowest BCUT2D eigenvalue weighted by Gasteiger charge is -2.14. The van der Waals surface area contributed by atoms with Crippen LogP contribution in [0.1, 0.15) is 10.5 Å². The number of nitrogens with one attached hydrogen (secondary N) is 1. The maximum atomic E-state index is 12.7. The Morgan fingerprint density at radius 1 is 0.786 bits per heavy atom. The third-order valence-corrected chi connectivity index (χ3v) is 4.89. The van der Waals surface area contributed by atoms with Crippen molar-refractivity contribution in [1.82, 2.24) is 9.55 Å². The van der Waals surface area contributed by atoms with Crippen LogP contribution in [0.4, 0.5) is 5.69 Å². The fourth-order valence-electron chi connectivity index (χ4n) is 3.60. The van der Waals surface area contributed by atoms with Crippen LogP contribution in [-0.2, 0) is 0 Å². The number of rotatable bonds is 3. The average molecular weight is 363 g/mol. The second-order valence-electron chi connectivity index (χ2n) is 6.59. The molecule has 5 aromatic rings. The van der Waals surface area contributed by atoms with Gasteiger partial charge < -0.3 is 9.88 Å². The first kappa shape index (κ1) is 16.3. The van der Waals surface area contributed by atoms with E-state index < -0.39 is 0 Å². The summed E-state index contributed by atoms with van der Waals surface area (Å²) in [4.78, 5) is 16.8. The summed E-state index contributed by atoms with van der Waals surface area (Å²) in [5.74, 6) is -0.222. The minimum absolute atomic E-state index is 0.222. The molecule has 5 rings (SSSR count). The van der Waals surface area contributed by atoms with Gasteiger partial charge in [-0.25, -0.2) is 0 Å². The molecule has 0 atom stereocenters. The van der Waals surface area contributed by atoms with Crippen molar-refractivity contribution in [3.63, 3.8) is 0 Å². The smallest absolute Gasteiger partial charge is 0.274 e. The van der Waals surface area contributed by atoms with Gasteiger partial charge in [-0.15, -0.1) is 0 Å². The Balaban J connectivity index is 1.68. The van der Waals surface area contributed by atoms with Gasteiger partial charge in [0.25, 0.3) is 5.91 Å². The lowest BCUT2D eigenvalue weighted by Crippen LogP contribution is -2.14. The number of amides is 1. The highest BCUT2D eigenvalue weighted by Crippen LogP contribution is 2.32. The molecule has 134 valence electrons. The van der Waals surface area contributed by atoms with E-state index in [1.807, 2.05) is 36.4 Å². The lowest BCUT2D eigenvalue weighted by molar-refractivity contribution is 0.102. The molecule has 0 radical (unpaired) electrons. The number of carbonyl (C=O) groups excluding carboxylic acids is 1. The van der Waals surface area contributed by atoms with Crippen molar-refractivity contribution < 1.29 is 4.79 Å². The Labute approximate surface area is 162 Å². The number of pyridine rings is 1. The number of benzene rings is 3. The Kier molecular flexibility index (Phi) is 3.87. The fraction of sp³-hybridized carbons (Fsp3) is 0. The van der Waals surface area contributed by atoms with Gasteiger partial charge in [0, 0.05) is 17.8 Å². The molecule has 0 spiro atoms. The first-order chi connectivity index (χ1) is 13.8. The van der Waals surface area contributed by atoms with Crippen LogP contribution >= 0.6 is 0 Å². The lowest BCUT2D eigenvalue weighted by atomic mass is 10.1. The summed E-state index contributed by atoms with van der Waals surface area (Å²) in [7, 11) is 0. The number of fused-ring (bicyclic) bond motifs is 2. The molecule has 2 heterocycles. The molecule has 2 aromatic heterocycles. The summed E-state index contributed by atoms with van der Waals surface area (Å²) in [6.07, 6.45) is 3.69. The van der Waals surface area contributed by atoms with E-state index in [1.54, 1.807) is 18.3 Å². The van der Waals surface area contributed by atoms with Gasteiger partial charge in [0.05, 0.1) is 16.9 Å². The van der Waals surface area contributed by atoms with E-state index >= 15 is 0 Å². The molecule has 0 bridgehead atoms. The molecule has 4 heteroatoms. The fourth-order valence-corrected chi connectivity index (χ4v) is 3.60. The highest BCUT2D eigenvalue weighted by atomic mass is 16.1. The molecule has 0 saturated heterocycles. The third kappa shape index (κ3) is 2.72. The van der Waals surface area contributed by atoms with Crippen molar-refractivity contribution in [2.45, 2.75) is 0 Å². The summed E-state index contributed by atoms with van der Waals surface area (Å²) in [5.41, 5.74) is 3.31. The molecule has 1 N–H and O–H groups in total. The van der Waals surface area contributed by atoms with Gasteiger partial charge in [-0.3, -0.25) is 9.78 Å². The van der Waals surface area contributed by atoms with Crippen LogP contribution in [0.5, 0.6) is 0 Å². The van der Waals surface area contributed by atoms with E-state index in [2.05, 4.69) is 57.5 Å². The van der Waals surface area contributed by atoms with Crippen molar-refractivity contribution in [3.05, 3.63) is 103 Å². The maximum Gasteiger partial charge on any atom is 0.274 e. The Morgan fingerprint density at radius 3 is 2.43 bits per heavy atom. The van der Waals surface area contributed by atoms with Crippen LogP contribution in [0, 0.1) is 0 Å². The molecule has 0 saturated carbocycles. The number of para-hydroxylation sites is 1. The van der Waals surface area contributed by atoms with Crippen molar-refractivity contribution in [2.24, 2.45) is 0 Å². The number of carbonyl (C=O) groups is 1.